The van der Waals surface area contributed by atoms with Crippen LogP contribution in [0.4, 0.5) is 0 Å². The Morgan fingerprint density at radius 2 is 1.86 bits per heavy atom. The van der Waals surface area contributed by atoms with Gasteiger partial charge in [0, 0.05) is 27.8 Å². The van der Waals surface area contributed by atoms with Crippen molar-refractivity contribution in [3.8, 4) is 11.5 Å². The number of aromatic nitrogens is 2. The summed E-state index contributed by atoms with van der Waals surface area (Å²) in [4.78, 5) is 19.0. The van der Waals surface area contributed by atoms with Crippen LogP contribution in [-0.4, -0.2) is 57.9 Å². The predicted molar refractivity (Wildman–Crippen MR) is 160 cm³/mol. The number of rotatable bonds is 7. The Morgan fingerprint density at radius 3 is 2.60 bits per heavy atom. The van der Waals surface area contributed by atoms with Crippen LogP contribution < -0.4 is 9.47 Å². The van der Waals surface area contributed by atoms with Gasteiger partial charge in [0.1, 0.15) is 12.4 Å². The van der Waals surface area contributed by atoms with Crippen LogP contribution in [0.1, 0.15) is 58.6 Å². The summed E-state index contributed by atoms with van der Waals surface area (Å²) >= 11 is 12.6. The van der Waals surface area contributed by atoms with E-state index in [1.807, 2.05) is 24.3 Å². The van der Waals surface area contributed by atoms with E-state index in [9.17, 15) is 9.90 Å². The highest BCUT2D eigenvalue weighted by molar-refractivity contribution is 6.35. The van der Waals surface area contributed by atoms with Crippen molar-refractivity contribution in [3.05, 3.63) is 87.2 Å². The quantitative estimate of drug-likeness (QED) is 0.249. The van der Waals surface area contributed by atoms with Gasteiger partial charge in [-0.3, -0.25) is 4.90 Å². The number of piperidine rings is 1. The maximum atomic E-state index is 11.6. The maximum absolute atomic E-state index is 11.6. The minimum Gasteiger partial charge on any atom is -0.485 e. The van der Waals surface area contributed by atoms with Gasteiger partial charge in [-0.25, -0.2) is 9.78 Å². The molecule has 0 spiro atoms. The molecule has 1 aromatic heterocycles. The number of carboxylic acids is 1. The molecule has 4 aromatic rings. The Bertz CT molecular complexity index is 1640. The van der Waals surface area contributed by atoms with Gasteiger partial charge in [-0.2, -0.15) is 0 Å². The number of hydrogen-bond acceptors (Lipinski definition) is 6. The van der Waals surface area contributed by atoms with E-state index in [4.69, 9.17) is 42.4 Å². The predicted octanol–water partition coefficient (Wildman–Crippen LogP) is 6.72. The van der Waals surface area contributed by atoms with E-state index in [1.54, 1.807) is 24.3 Å². The van der Waals surface area contributed by atoms with E-state index in [-0.39, 0.29) is 17.8 Å². The van der Waals surface area contributed by atoms with Crippen molar-refractivity contribution < 1.29 is 24.1 Å². The third-order valence-corrected chi connectivity index (χ3v) is 9.18. The zero-order chi connectivity index (χ0) is 28.8. The summed E-state index contributed by atoms with van der Waals surface area (Å²) in [5.41, 5.74) is 3.95. The van der Waals surface area contributed by atoms with Gasteiger partial charge in [0.2, 0.25) is 0 Å². The fourth-order valence-electron chi connectivity index (χ4n) is 6.22. The van der Waals surface area contributed by atoms with E-state index < -0.39 is 5.97 Å². The minimum atomic E-state index is -0.937. The summed E-state index contributed by atoms with van der Waals surface area (Å²) in [6, 6.07) is 16.7. The normalized spacial score (nSPS) is 20.9. The summed E-state index contributed by atoms with van der Waals surface area (Å²) in [5.74, 6) is 1.91. The summed E-state index contributed by atoms with van der Waals surface area (Å²) < 4.78 is 20.5. The van der Waals surface area contributed by atoms with Gasteiger partial charge in [0.15, 0.2) is 17.6 Å². The Kier molecular flexibility index (Phi) is 7.48. The molecular weight excluding hydrogens is 577 g/mol. The standard InChI is InChI=1S/C32H31Cl2N3O5/c33-21-5-6-24(25(34)15-21)29-18-41-28-3-1-2-23(31(28)42-29)19-8-11-36(12-9-19)17-30-35-26-7-4-20(32(38)39)14-27(26)37(30)16-22-10-13-40-22/h1-7,14-15,19,22,29H,8-13,16-18H2,(H,38,39)/t22-,29+/m0/s1. The summed E-state index contributed by atoms with van der Waals surface area (Å²) in [5, 5.41) is 10.7. The van der Waals surface area contributed by atoms with Crippen LogP contribution in [0.5, 0.6) is 11.5 Å². The molecule has 7 rings (SSSR count). The highest BCUT2D eigenvalue weighted by Gasteiger charge is 2.31. The number of nitrogens with zero attached hydrogens (tertiary/aromatic N) is 3. The fourth-order valence-corrected chi connectivity index (χ4v) is 6.75. The van der Waals surface area contributed by atoms with E-state index in [0.29, 0.717) is 35.7 Å². The van der Waals surface area contributed by atoms with Gasteiger partial charge in [0.25, 0.3) is 0 Å². The number of hydrogen-bond donors (Lipinski definition) is 1. The van der Waals surface area contributed by atoms with Crippen LogP contribution in [0.15, 0.2) is 54.6 Å². The summed E-state index contributed by atoms with van der Waals surface area (Å²) in [6.45, 7) is 4.34. The van der Waals surface area contributed by atoms with Gasteiger partial charge in [-0.05, 0) is 74.7 Å². The fraction of sp³-hybridized carbons (Fsp3) is 0.375. The Hall–Kier alpha value is -3.30. The van der Waals surface area contributed by atoms with Crippen molar-refractivity contribution in [2.45, 2.75) is 50.5 Å². The lowest BCUT2D eigenvalue weighted by Gasteiger charge is -2.35. The first-order valence-electron chi connectivity index (χ1n) is 14.4. The molecule has 8 nitrogen and oxygen atoms in total. The molecule has 2 atom stereocenters. The minimum absolute atomic E-state index is 0.137. The lowest BCUT2D eigenvalue weighted by Crippen LogP contribution is -2.35. The highest BCUT2D eigenvalue weighted by atomic mass is 35.5. The Balaban J connectivity index is 1.07. The zero-order valence-electron chi connectivity index (χ0n) is 23.0. The zero-order valence-corrected chi connectivity index (χ0v) is 24.5. The van der Waals surface area contributed by atoms with E-state index in [1.165, 1.54) is 0 Å². The Labute approximate surface area is 253 Å². The smallest absolute Gasteiger partial charge is 0.335 e. The topological polar surface area (TPSA) is 86.0 Å². The molecule has 3 aliphatic heterocycles. The molecule has 2 fully saturated rings. The third kappa shape index (κ3) is 5.33. The number of aromatic carboxylic acids is 1. The first-order chi connectivity index (χ1) is 20.4. The number of benzene rings is 3. The lowest BCUT2D eigenvalue weighted by atomic mass is 9.88. The largest absolute Gasteiger partial charge is 0.485 e. The van der Waals surface area contributed by atoms with E-state index in [0.717, 1.165) is 78.4 Å². The molecule has 2 saturated heterocycles. The number of carbonyl (C=O) groups is 1. The molecule has 0 saturated carbocycles. The third-order valence-electron chi connectivity index (χ3n) is 8.62. The average molecular weight is 609 g/mol. The molecule has 42 heavy (non-hydrogen) atoms. The van der Waals surface area contributed by atoms with Gasteiger partial charge in [-0.1, -0.05) is 41.4 Å². The van der Waals surface area contributed by atoms with Gasteiger partial charge >= 0.3 is 5.97 Å². The van der Waals surface area contributed by atoms with Crippen LogP contribution >= 0.6 is 23.2 Å². The van der Waals surface area contributed by atoms with Gasteiger partial charge in [0.05, 0.1) is 35.8 Å². The number of fused-ring (bicyclic) bond motifs is 2. The summed E-state index contributed by atoms with van der Waals surface area (Å²) in [7, 11) is 0. The van der Waals surface area contributed by atoms with Crippen LogP contribution in [0.2, 0.25) is 10.0 Å². The first kappa shape index (κ1) is 27.5. The second-order valence-electron chi connectivity index (χ2n) is 11.2. The molecular formula is C32H31Cl2N3O5. The molecule has 3 aromatic carbocycles. The molecule has 4 heterocycles. The SMILES string of the molecule is O=C(O)c1ccc2nc(CN3CCC(c4cccc5c4O[C@@H](c4ccc(Cl)cc4Cl)CO5)CC3)n(C[C@@H]3CCO3)c2c1. The van der Waals surface area contributed by atoms with Crippen molar-refractivity contribution in [3.63, 3.8) is 0 Å². The Morgan fingerprint density at radius 1 is 1.02 bits per heavy atom. The molecule has 1 N–H and O–H groups in total. The number of imidazole rings is 1. The van der Waals surface area contributed by atoms with Gasteiger partial charge in [-0.15, -0.1) is 0 Å². The highest BCUT2D eigenvalue weighted by Crippen LogP contribution is 2.45. The van der Waals surface area contributed by atoms with Gasteiger partial charge < -0.3 is 23.9 Å². The van der Waals surface area contributed by atoms with Crippen molar-refractivity contribution in [2.75, 3.05) is 26.3 Å². The molecule has 3 aliphatic rings. The molecule has 0 bridgehead atoms. The van der Waals surface area contributed by atoms with Crippen molar-refractivity contribution in [2.24, 2.45) is 0 Å². The molecule has 0 radical (unpaired) electrons. The number of ether oxygens (including phenoxy) is 3. The van der Waals surface area contributed by atoms with Crippen molar-refractivity contribution in [1.82, 2.24) is 14.5 Å². The second kappa shape index (κ2) is 11.4. The van der Waals surface area contributed by atoms with Crippen molar-refractivity contribution in [1.29, 1.82) is 0 Å². The molecule has 218 valence electrons. The monoisotopic (exact) mass is 607 g/mol. The number of halogens is 2. The molecule has 10 heteroatoms. The molecule has 0 unspecified atom stereocenters. The number of likely N-dealkylation sites (tertiary alicyclic amines) is 1. The summed E-state index contributed by atoms with van der Waals surface area (Å²) in [6.07, 6.45) is 2.78. The van der Waals surface area contributed by atoms with E-state index in [2.05, 4.69) is 15.5 Å². The molecule has 0 aliphatic carbocycles. The number of carboxylic acid groups (broad SMARTS) is 1. The average Bonchev–Trinajstić information content (AvgIpc) is 3.30. The molecule has 0 amide bonds. The van der Waals surface area contributed by atoms with E-state index >= 15 is 0 Å². The van der Waals surface area contributed by atoms with Crippen LogP contribution in [0, 0.1) is 0 Å². The van der Waals surface area contributed by atoms with Crippen molar-refractivity contribution >= 4 is 40.2 Å². The van der Waals surface area contributed by atoms with Crippen LogP contribution in [0.25, 0.3) is 11.0 Å². The first-order valence-corrected chi connectivity index (χ1v) is 15.1. The van der Waals surface area contributed by atoms with Crippen LogP contribution in [-0.2, 0) is 17.8 Å². The maximum Gasteiger partial charge on any atom is 0.335 e. The number of para-hydroxylation sites is 1. The lowest BCUT2D eigenvalue weighted by molar-refractivity contribution is -0.0592. The second-order valence-corrected chi connectivity index (χ2v) is 12.1. The van der Waals surface area contributed by atoms with Crippen LogP contribution in [0.3, 0.4) is 0 Å².